The SMILES string of the molecule is CC(=O)O[C@@H]1[C@@H](OC(C)=O)[C@@H](Oc2ccc(-c3c(C)noc3C)nc2F)SC[C@H]1OC(C)=O. The third-order valence-corrected chi connectivity index (χ3v) is 5.87. The highest BCUT2D eigenvalue weighted by Crippen LogP contribution is 2.35. The molecule has 0 aliphatic carbocycles. The van der Waals surface area contributed by atoms with Crippen molar-refractivity contribution in [3.63, 3.8) is 0 Å². The van der Waals surface area contributed by atoms with Gasteiger partial charge in [0.15, 0.2) is 29.5 Å². The van der Waals surface area contributed by atoms with E-state index in [1.165, 1.54) is 26.8 Å². The van der Waals surface area contributed by atoms with Crippen molar-refractivity contribution >= 4 is 29.7 Å². The van der Waals surface area contributed by atoms with Crippen LogP contribution in [0, 0.1) is 19.8 Å². The Morgan fingerprint density at radius 1 is 1.03 bits per heavy atom. The van der Waals surface area contributed by atoms with Crippen LogP contribution in [-0.2, 0) is 28.6 Å². The fourth-order valence-electron chi connectivity index (χ4n) is 3.43. The Bertz CT molecular complexity index is 1040. The number of esters is 3. The summed E-state index contributed by atoms with van der Waals surface area (Å²) in [6, 6.07) is 2.93. The summed E-state index contributed by atoms with van der Waals surface area (Å²) in [5.74, 6) is -2.39. The third-order valence-electron chi connectivity index (χ3n) is 4.65. The summed E-state index contributed by atoms with van der Waals surface area (Å²) in [5.41, 5.74) is 0.485. The molecule has 1 saturated heterocycles. The maximum Gasteiger partial charge on any atom is 0.303 e. The molecule has 2 aromatic rings. The van der Waals surface area contributed by atoms with Gasteiger partial charge in [0.05, 0.1) is 17.0 Å². The van der Waals surface area contributed by atoms with E-state index in [0.717, 1.165) is 11.8 Å². The Morgan fingerprint density at radius 3 is 2.21 bits per heavy atom. The average Bonchev–Trinajstić information content (AvgIpc) is 3.04. The number of pyridine rings is 1. The van der Waals surface area contributed by atoms with Gasteiger partial charge in [-0.2, -0.15) is 4.39 Å². The maximum atomic E-state index is 14.8. The van der Waals surface area contributed by atoms with Gasteiger partial charge in [-0.1, -0.05) is 5.16 Å². The van der Waals surface area contributed by atoms with Gasteiger partial charge in [0.1, 0.15) is 5.76 Å². The lowest BCUT2D eigenvalue weighted by Crippen LogP contribution is -2.55. The molecule has 1 fully saturated rings. The second kappa shape index (κ2) is 10.2. The molecule has 1 aliphatic rings. The lowest BCUT2D eigenvalue weighted by atomic mass is 10.1. The number of carbonyl (C=O) groups is 3. The van der Waals surface area contributed by atoms with E-state index in [1.807, 2.05) is 0 Å². The molecule has 0 aromatic carbocycles. The summed E-state index contributed by atoms with van der Waals surface area (Å²) in [5, 5.41) is 3.84. The molecule has 178 valence electrons. The van der Waals surface area contributed by atoms with E-state index in [0.29, 0.717) is 22.7 Å². The van der Waals surface area contributed by atoms with Crippen molar-refractivity contribution in [1.82, 2.24) is 10.1 Å². The minimum absolute atomic E-state index is 0.159. The van der Waals surface area contributed by atoms with Crippen LogP contribution in [0.1, 0.15) is 32.2 Å². The Hall–Kier alpha value is -3.15. The topological polar surface area (TPSA) is 127 Å². The van der Waals surface area contributed by atoms with Crippen molar-refractivity contribution in [3.8, 4) is 17.0 Å². The van der Waals surface area contributed by atoms with Crippen LogP contribution in [0.3, 0.4) is 0 Å². The largest absolute Gasteiger partial charge is 0.471 e. The van der Waals surface area contributed by atoms with Gasteiger partial charge in [0.25, 0.3) is 5.95 Å². The first-order valence-electron chi connectivity index (χ1n) is 9.96. The van der Waals surface area contributed by atoms with Gasteiger partial charge in [0, 0.05) is 26.5 Å². The number of aryl methyl sites for hydroxylation is 2. The molecule has 0 radical (unpaired) electrons. The monoisotopic (exact) mass is 482 g/mol. The zero-order valence-electron chi connectivity index (χ0n) is 18.6. The number of thioether (sulfide) groups is 1. The minimum Gasteiger partial charge on any atom is -0.471 e. The molecular formula is C21H23FN2O8S. The first-order valence-corrected chi connectivity index (χ1v) is 11.0. The van der Waals surface area contributed by atoms with Gasteiger partial charge in [0.2, 0.25) is 0 Å². The second-order valence-electron chi connectivity index (χ2n) is 7.30. The Kier molecular flexibility index (Phi) is 7.57. The molecule has 3 rings (SSSR count). The van der Waals surface area contributed by atoms with E-state index in [-0.39, 0.29) is 11.5 Å². The van der Waals surface area contributed by atoms with Gasteiger partial charge in [-0.05, 0) is 26.0 Å². The Labute approximate surface area is 193 Å². The van der Waals surface area contributed by atoms with Crippen molar-refractivity contribution in [1.29, 1.82) is 0 Å². The van der Waals surface area contributed by atoms with Crippen molar-refractivity contribution < 1.29 is 42.2 Å². The Morgan fingerprint density at radius 2 is 1.67 bits per heavy atom. The van der Waals surface area contributed by atoms with E-state index >= 15 is 0 Å². The molecule has 2 aromatic heterocycles. The summed E-state index contributed by atoms with van der Waals surface area (Å²) >= 11 is 1.12. The van der Waals surface area contributed by atoms with Crippen LogP contribution in [0.5, 0.6) is 5.75 Å². The van der Waals surface area contributed by atoms with Crippen LogP contribution in [0.15, 0.2) is 16.7 Å². The molecule has 10 nitrogen and oxygen atoms in total. The zero-order chi connectivity index (χ0) is 24.3. The quantitative estimate of drug-likeness (QED) is 0.342. The number of hydrogen-bond acceptors (Lipinski definition) is 11. The minimum atomic E-state index is -1.17. The second-order valence-corrected chi connectivity index (χ2v) is 8.43. The fraction of sp³-hybridized carbons (Fsp3) is 0.476. The molecule has 4 atom stereocenters. The number of ether oxygens (including phenoxy) is 4. The zero-order valence-corrected chi connectivity index (χ0v) is 19.4. The first kappa shape index (κ1) is 24.5. The van der Waals surface area contributed by atoms with Crippen LogP contribution < -0.4 is 4.74 Å². The number of rotatable bonds is 6. The molecule has 0 unspecified atom stereocenters. The standard InChI is InChI=1S/C21H23FN2O8S/c1-9-17(10(2)32-24-9)14-6-7-15(20(22)23-14)31-21-19(30-13(5)27)18(29-12(4)26)16(8-33-21)28-11(3)25/h6-7,16,18-19,21H,8H2,1-5H3/t16-,18+,19-,21+/m1/s1. The predicted octanol–water partition coefficient (Wildman–Crippen LogP) is 2.74. The van der Waals surface area contributed by atoms with E-state index in [2.05, 4.69) is 10.1 Å². The summed E-state index contributed by atoms with van der Waals surface area (Å²) in [6.45, 7) is 6.95. The Balaban J connectivity index is 1.88. The van der Waals surface area contributed by atoms with E-state index in [9.17, 15) is 18.8 Å². The van der Waals surface area contributed by atoms with Gasteiger partial charge >= 0.3 is 17.9 Å². The highest BCUT2D eigenvalue weighted by molar-refractivity contribution is 7.99. The first-order chi connectivity index (χ1) is 15.6. The number of carbonyl (C=O) groups excluding carboxylic acids is 3. The number of aromatic nitrogens is 2. The van der Waals surface area contributed by atoms with Gasteiger partial charge < -0.3 is 23.5 Å². The lowest BCUT2D eigenvalue weighted by Gasteiger charge is -2.39. The lowest BCUT2D eigenvalue weighted by molar-refractivity contribution is -0.186. The molecule has 0 N–H and O–H groups in total. The molecule has 3 heterocycles. The van der Waals surface area contributed by atoms with Crippen molar-refractivity contribution in [2.24, 2.45) is 0 Å². The number of halogens is 1. The fourth-order valence-corrected chi connectivity index (χ4v) is 4.64. The van der Waals surface area contributed by atoms with Crippen molar-refractivity contribution in [2.45, 2.75) is 58.4 Å². The summed E-state index contributed by atoms with van der Waals surface area (Å²) in [7, 11) is 0. The molecule has 33 heavy (non-hydrogen) atoms. The molecule has 1 aliphatic heterocycles. The molecule has 0 amide bonds. The van der Waals surface area contributed by atoms with Crippen LogP contribution in [0.2, 0.25) is 0 Å². The van der Waals surface area contributed by atoms with Gasteiger partial charge in [-0.25, -0.2) is 4.98 Å². The van der Waals surface area contributed by atoms with Crippen LogP contribution >= 0.6 is 11.8 Å². The van der Waals surface area contributed by atoms with Gasteiger partial charge in [-0.3, -0.25) is 14.4 Å². The molecule has 0 bridgehead atoms. The van der Waals surface area contributed by atoms with Crippen molar-refractivity contribution in [3.05, 3.63) is 29.5 Å². The summed E-state index contributed by atoms with van der Waals surface area (Å²) in [4.78, 5) is 38.8. The van der Waals surface area contributed by atoms with Crippen LogP contribution in [0.25, 0.3) is 11.3 Å². The van der Waals surface area contributed by atoms with Gasteiger partial charge in [-0.15, -0.1) is 11.8 Å². The summed E-state index contributed by atoms with van der Waals surface area (Å²) < 4.78 is 41.6. The normalized spacial score (nSPS) is 22.4. The smallest absolute Gasteiger partial charge is 0.303 e. The van der Waals surface area contributed by atoms with E-state index < -0.39 is 47.6 Å². The molecular weight excluding hydrogens is 459 g/mol. The van der Waals surface area contributed by atoms with Crippen molar-refractivity contribution in [2.75, 3.05) is 5.75 Å². The summed E-state index contributed by atoms with van der Waals surface area (Å²) in [6.07, 6.45) is -3.19. The maximum absolute atomic E-state index is 14.8. The highest BCUT2D eigenvalue weighted by Gasteiger charge is 2.48. The highest BCUT2D eigenvalue weighted by atomic mass is 32.2. The van der Waals surface area contributed by atoms with Crippen LogP contribution in [-0.4, -0.2) is 57.5 Å². The third kappa shape index (κ3) is 5.81. The molecule has 12 heteroatoms. The number of nitrogens with zero attached hydrogens (tertiary/aromatic N) is 2. The molecule has 0 saturated carbocycles. The van der Waals surface area contributed by atoms with E-state index in [4.69, 9.17) is 23.5 Å². The average molecular weight is 482 g/mol. The van der Waals surface area contributed by atoms with Crippen LogP contribution in [0.4, 0.5) is 4.39 Å². The van der Waals surface area contributed by atoms with E-state index in [1.54, 1.807) is 19.9 Å². The predicted molar refractivity (Wildman–Crippen MR) is 113 cm³/mol. The molecule has 0 spiro atoms. The number of hydrogen-bond donors (Lipinski definition) is 0.